The minimum absolute atomic E-state index is 0. The van der Waals surface area contributed by atoms with Crippen molar-refractivity contribution in [2.24, 2.45) is 0 Å². The van der Waals surface area contributed by atoms with Gasteiger partial charge in [0.25, 0.3) is 0 Å². The summed E-state index contributed by atoms with van der Waals surface area (Å²) in [6.45, 7) is 5.02. The molecule has 1 nitrogen and oxygen atoms in total. The van der Waals surface area contributed by atoms with Crippen molar-refractivity contribution in [3.8, 4) is 0 Å². The van der Waals surface area contributed by atoms with Crippen molar-refractivity contribution < 1.29 is 16.9 Å². The molecule has 0 unspecified atom stereocenters. The Labute approximate surface area is 112 Å². The van der Waals surface area contributed by atoms with E-state index < -0.39 is 0 Å². The molecule has 0 aromatic heterocycles. The molecule has 0 bridgehead atoms. The summed E-state index contributed by atoms with van der Waals surface area (Å²) in [6.07, 6.45) is 5.66. The number of rotatable bonds is 6. The summed E-state index contributed by atoms with van der Waals surface area (Å²) >= 11 is 0. The molecule has 1 aromatic carbocycles. The van der Waals surface area contributed by atoms with Gasteiger partial charge in [0.15, 0.2) is 0 Å². The van der Waals surface area contributed by atoms with Gasteiger partial charge in [0.2, 0.25) is 0 Å². The monoisotopic (exact) mass is 253 g/mol. The molecular weight excluding hydrogens is 230 g/mol. The maximum absolute atomic E-state index is 3.76. The Morgan fingerprint density at radius 1 is 1.06 bits per heavy atom. The molecule has 0 amide bonds. The summed E-state index contributed by atoms with van der Waals surface area (Å²) in [5, 5.41) is 0. The lowest BCUT2D eigenvalue weighted by Crippen LogP contribution is -3.00. The Hall–Kier alpha value is -0.790. The predicted octanol–water partition coefficient (Wildman–Crippen LogP) is 0.363. The van der Waals surface area contributed by atoms with Gasteiger partial charge in [-0.3, -0.25) is 0 Å². The summed E-state index contributed by atoms with van der Waals surface area (Å²) in [7, 11) is 6.75. The summed E-state index contributed by atoms with van der Waals surface area (Å²) in [5.41, 5.74) is 2.64. The van der Waals surface area contributed by atoms with Crippen LogP contribution in [0.4, 0.5) is 0 Å². The van der Waals surface area contributed by atoms with Gasteiger partial charge in [-0.25, -0.2) is 0 Å². The number of halogens is 1. The van der Waals surface area contributed by atoms with Crippen molar-refractivity contribution in [3.05, 3.63) is 42.0 Å². The topological polar surface area (TPSA) is 0 Å². The van der Waals surface area contributed by atoms with Crippen LogP contribution < -0.4 is 12.4 Å². The lowest BCUT2D eigenvalue weighted by atomic mass is 10.1. The molecule has 0 spiro atoms. The summed E-state index contributed by atoms with van der Waals surface area (Å²) in [5.74, 6) is 0. The molecule has 0 aliphatic carbocycles. The molecule has 1 rings (SSSR count). The predicted molar refractivity (Wildman–Crippen MR) is 72.4 cm³/mol. The van der Waals surface area contributed by atoms with E-state index in [9.17, 15) is 0 Å². The molecule has 2 heteroatoms. The second-order valence-corrected chi connectivity index (χ2v) is 5.42. The standard InChI is InChI=1S/C15H24N.ClH/c1-5-14-9-11-15(12-10-14)8-6-7-13-16(2,3)4;/h5,9-12H,1,6-8,13H2,2-4H3;1H/q+1;/p-1. The van der Waals surface area contributed by atoms with Gasteiger partial charge in [0.05, 0.1) is 27.7 Å². The van der Waals surface area contributed by atoms with Crippen LogP contribution in [0.25, 0.3) is 6.08 Å². The van der Waals surface area contributed by atoms with Gasteiger partial charge in [-0.1, -0.05) is 36.9 Å². The van der Waals surface area contributed by atoms with E-state index in [2.05, 4.69) is 52.0 Å². The molecule has 0 saturated carbocycles. The van der Waals surface area contributed by atoms with Crippen molar-refractivity contribution in [3.63, 3.8) is 0 Å². The molecule has 17 heavy (non-hydrogen) atoms. The Morgan fingerprint density at radius 2 is 1.65 bits per heavy atom. The third-order valence-corrected chi connectivity index (χ3v) is 2.76. The van der Waals surface area contributed by atoms with Gasteiger partial charge in [-0.05, 0) is 30.4 Å². The lowest BCUT2D eigenvalue weighted by molar-refractivity contribution is -0.870. The molecule has 0 radical (unpaired) electrons. The largest absolute Gasteiger partial charge is 1.00 e. The minimum Gasteiger partial charge on any atom is -1.00 e. The molecule has 0 heterocycles. The van der Waals surface area contributed by atoms with E-state index in [0.29, 0.717) is 0 Å². The Kier molecular flexibility index (Phi) is 7.17. The van der Waals surface area contributed by atoms with E-state index in [1.54, 1.807) is 0 Å². The van der Waals surface area contributed by atoms with E-state index in [0.717, 1.165) is 4.48 Å². The Balaban J connectivity index is 0.00000256. The fourth-order valence-corrected chi connectivity index (χ4v) is 1.74. The first-order valence-corrected chi connectivity index (χ1v) is 6.03. The van der Waals surface area contributed by atoms with Crippen LogP contribution in [0, 0.1) is 0 Å². The van der Waals surface area contributed by atoms with Gasteiger partial charge in [-0.2, -0.15) is 0 Å². The summed E-state index contributed by atoms with van der Waals surface area (Å²) in [6, 6.07) is 8.70. The highest BCUT2D eigenvalue weighted by molar-refractivity contribution is 5.47. The van der Waals surface area contributed by atoms with Gasteiger partial charge < -0.3 is 16.9 Å². The molecule has 0 saturated heterocycles. The highest BCUT2D eigenvalue weighted by Gasteiger charge is 2.05. The molecule has 96 valence electrons. The highest BCUT2D eigenvalue weighted by Crippen LogP contribution is 2.09. The average Bonchev–Trinajstić information content (AvgIpc) is 2.24. The van der Waals surface area contributed by atoms with Gasteiger partial charge in [-0.15, -0.1) is 0 Å². The number of benzene rings is 1. The number of aryl methyl sites for hydroxylation is 1. The SMILES string of the molecule is C=Cc1ccc(CCCC[N+](C)(C)C)cc1.[Cl-]. The maximum Gasteiger partial charge on any atom is 0.0780 e. The molecule has 0 atom stereocenters. The summed E-state index contributed by atoms with van der Waals surface area (Å²) in [4.78, 5) is 0. The van der Waals surface area contributed by atoms with E-state index in [-0.39, 0.29) is 12.4 Å². The fraction of sp³-hybridized carbons (Fsp3) is 0.467. The first-order valence-electron chi connectivity index (χ1n) is 6.03. The third kappa shape index (κ3) is 7.19. The number of quaternary nitrogens is 1. The lowest BCUT2D eigenvalue weighted by Gasteiger charge is -2.23. The van der Waals surface area contributed by atoms with E-state index in [1.807, 2.05) is 6.08 Å². The van der Waals surface area contributed by atoms with Gasteiger partial charge >= 0.3 is 0 Å². The number of unbranched alkanes of at least 4 members (excludes halogenated alkanes) is 1. The normalized spacial score (nSPS) is 10.8. The molecule has 0 N–H and O–H groups in total. The van der Waals surface area contributed by atoms with Crippen molar-refractivity contribution in [1.82, 2.24) is 0 Å². The zero-order valence-electron chi connectivity index (χ0n) is 11.2. The molecular formula is C15H24ClN. The van der Waals surface area contributed by atoms with Crippen LogP contribution in [0.15, 0.2) is 30.8 Å². The van der Waals surface area contributed by atoms with Crippen LogP contribution in [0.2, 0.25) is 0 Å². The average molecular weight is 254 g/mol. The number of nitrogens with zero attached hydrogens (tertiary/aromatic N) is 1. The summed E-state index contributed by atoms with van der Waals surface area (Å²) < 4.78 is 1.06. The minimum atomic E-state index is 0. The van der Waals surface area contributed by atoms with Crippen LogP contribution in [0.1, 0.15) is 24.0 Å². The van der Waals surface area contributed by atoms with Crippen LogP contribution >= 0.6 is 0 Å². The van der Waals surface area contributed by atoms with Crippen molar-refractivity contribution in [1.29, 1.82) is 0 Å². The zero-order chi connectivity index (χ0) is 12.0. The van der Waals surface area contributed by atoms with Crippen LogP contribution in [-0.2, 0) is 6.42 Å². The van der Waals surface area contributed by atoms with Gasteiger partial charge in [0, 0.05) is 0 Å². The molecule has 1 aromatic rings. The molecule has 0 fully saturated rings. The first-order chi connectivity index (χ1) is 7.51. The quantitative estimate of drug-likeness (QED) is 0.508. The van der Waals surface area contributed by atoms with E-state index >= 15 is 0 Å². The Bertz CT molecular complexity index is 322. The number of hydrogen-bond acceptors (Lipinski definition) is 0. The fourth-order valence-electron chi connectivity index (χ4n) is 1.74. The van der Waals surface area contributed by atoms with Crippen LogP contribution in [0.3, 0.4) is 0 Å². The molecule has 0 aliphatic rings. The zero-order valence-corrected chi connectivity index (χ0v) is 12.0. The maximum atomic E-state index is 3.76. The van der Waals surface area contributed by atoms with Crippen LogP contribution in [-0.4, -0.2) is 32.2 Å². The molecule has 0 aliphatic heterocycles. The van der Waals surface area contributed by atoms with E-state index in [1.165, 1.54) is 36.9 Å². The van der Waals surface area contributed by atoms with Crippen LogP contribution in [0.5, 0.6) is 0 Å². The van der Waals surface area contributed by atoms with Crippen molar-refractivity contribution in [2.75, 3.05) is 27.7 Å². The van der Waals surface area contributed by atoms with Crippen molar-refractivity contribution in [2.45, 2.75) is 19.3 Å². The first kappa shape index (κ1) is 16.2. The van der Waals surface area contributed by atoms with Gasteiger partial charge in [0.1, 0.15) is 0 Å². The van der Waals surface area contributed by atoms with E-state index in [4.69, 9.17) is 0 Å². The number of hydrogen-bond donors (Lipinski definition) is 0. The highest BCUT2D eigenvalue weighted by atomic mass is 35.5. The third-order valence-electron chi connectivity index (χ3n) is 2.76. The Morgan fingerprint density at radius 3 is 2.12 bits per heavy atom. The van der Waals surface area contributed by atoms with Crippen molar-refractivity contribution >= 4 is 6.08 Å². The second kappa shape index (κ2) is 7.52. The smallest absolute Gasteiger partial charge is 0.0780 e. The second-order valence-electron chi connectivity index (χ2n) is 5.42.